The molecule has 0 amide bonds. The Kier molecular flexibility index (Phi) is 4.85. The van der Waals surface area contributed by atoms with Crippen LogP contribution >= 0.6 is 0 Å². The van der Waals surface area contributed by atoms with Crippen molar-refractivity contribution >= 4 is 12.1 Å². The summed E-state index contributed by atoms with van der Waals surface area (Å²) in [4.78, 5) is 17.1. The summed E-state index contributed by atoms with van der Waals surface area (Å²) in [5.41, 5.74) is 2.65. The fourth-order valence-corrected chi connectivity index (χ4v) is 2.17. The molecule has 0 radical (unpaired) electrons. The van der Waals surface area contributed by atoms with Crippen LogP contribution in [0.15, 0.2) is 42.6 Å². The number of pyridine rings is 1. The third-order valence-corrected chi connectivity index (χ3v) is 3.09. The number of hydrogen-bond acceptors (Lipinski definition) is 4. The average molecular weight is 270 g/mol. The number of aliphatic hydroxyl groups excluding tert-OH is 1. The second-order valence-corrected chi connectivity index (χ2v) is 4.66. The molecule has 0 spiro atoms. The normalized spacial score (nSPS) is 10.3. The second kappa shape index (κ2) is 6.82. The zero-order valence-electron chi connectivity index (χ0n) is 11.5. The Morgan fingerprint density at radius 2 is 2.05 bits per heavy atom. The van der Waals surface area contributed by atoms with Gasteiger partial charge < -0.3 is 10.0 Å². The van der Waals surface area contributed by atoms with Crippen molar-refractivity contribution < 1.29 is 9.90 Å². The number of aliphatic hydroxyl groups is 1. The van der Waals surface area contributed by atoms with E-state index in [-0.39, 0.29) is 6.61 Å². The zero-order chi connectivity index (χ0) is 14.4. The monoisotopic (exact) mass is 270 g/mol. The van der Waals surface area contributed by atoms with Gasteiger partial charge >= 0.3 is 0 Å². The van der Waals surface area contributed by atoms with E-state index in [1.807, 2.05) is 48.2 Å². The fraction of sp³-hybridized carbons (Fsp3) is 0.250. The van der Waals surface area contributed by atoms with Crippen LogP contribution in [0.3, 0.4) is 0 Å². The number of aromatic nitrogens is 1. The molecule has 0 atom stereocenters. The molecule has 2 aromatic rings. The van der Waals surface area contributed by atoms with Gasteiger partial charge in [0.2, 0.25) is 0 Å². The number of aryl methyl sites for hydroxylation is 1. The van der Waals surface area contributed by atoms with Gasteiger partial charge in [0, 0.05) is 24.8 Å². The predicted octanol–water partition coefficient (Wildman–Crippen LogP) is 2.20. The van der Waals surface area contributed by atoms with E-state index < -0.39 is 0 Å². The quantitative estimate of drug-likeness (QED) is 0.818. The van der Waals surface area contributed by atoms with Crippen LogP contribution in [0.5, 0.6) is 0 Å². The van der Waals surface area contributed by atoms with E-state index in [1.54, 1.807) is 6.20 Å². The molecule has 0 aliphatic heterocycles. The molecule has 1 N–H and O–H groups in total. The van der Waals surface area contributed by atoms with Crippen LogP contribution in [-0.2, 0) is 6.54 Å². The first kappa shape index (κ1) is 14.2. The van der Waals surface area contributed by atoms with Gasteiger partial charge in [0.25, 0.3) is 0 Å². The number of rotatable bonds is 6. The lowest BCUT2D eigenvalue weighted by atomic mass is 10.1. The molecule has 104 valence electrons. The molecule has 20 heavy (non-hydrogen) atoms. The summed E-state index contributed by atoms with van der Waals surface area (Å²) >= 11 is 0. The average Bonchev–Trinajstić information content (AvgIpc) is 2.48. The molecule has 1 aromatic heterocycles. The first-order valence-electron chi connectivity index (χ1n) is 6.56. The number of anilines is 1. The minimum Gasteiger partial charge on any atom is -0.395 e. The van der Waals surface area contributed by atoms with Crippen LogP contribution in [0.4, 0.5) is 5.82 Å². The van der Waals surface area contributed by atoms with Gasteiger partial charge in [0.15, 0.2) is 6.29 Å². The molecule has 0 saturated heterocycles. The van der Waals surface area contributed by atoms with Crippen molar-refractivity contribution in [1.29, 1.82) is 0 Å². The summed E-state index contributed by atoms with van der Waals surface area (Å²) < 4.78 is 0. The van der Waals surface area contributed by atoms with Crippen LogP contribution in [0.1, 0.15) is 21.5 Å². The van der Waals surface area contributed by atoms with Crippen LogP contribution in [0, 0.1) is 6.92 Å². The lowest BCUT2D eigenvalue weighted by Crippen LogP contribution is -2.27. The maximum Gasteiger partial charge on any atom is 0.151 e. The molecule has 1 heterocycles. The first-order chi connectivity index (χ1) is 9.74. The number of hydrogen-bond donors (Lipinski definition) is 1. The van der Waals surface area contributed by atoms with E-state index in [1.165, 1.54) is 0 Å². The highest BCUT2D eigenvalue weighted by atomic mass is 16.3. The molecule has 2 rings (SSSR count). The molecule has 4 nitrogen and oxygen atoms in total. The van der Waals surface area contributed by atoms with Gasteiger partial charge in [0.05, 0.1) is 6.61 Å². The van der Waals surface area contributed by atoms with Gasteiger partial charge in [-0.2, -0.15) is 0 Å². The van der Waals surface area contributed by atoms with Crippen LogP contribution in [0.2, 0.25) is 0 Å². The molecule has 0 unspecified atom stereocenters. The van der Waals surface area contributed by atoms with Crippen molar-refractivity contribution in [2.75, 3.05) is 18.1 Å². The van der Waals surface area contributed by atoms with Gasteiger partial charge in [0.1, 0.15) is 5.82 Å². The Labute approximate surface area is 118 Å². The number of nitrogens with zero attached hydrogens (tertiary/aromatic N) is 2. The molecule has 0 aliphatic rings. The van der Waals surface area contributed by atoms with E-state index in [0.29, 0.717) is 18.7 Å². The third-order valence-electron chi connectivity index (χ3n) is 3.09. The van der Waals surface area contributed by atoms with E-state index in [4.69, 9.17) is 0 Å². The number of carbonyl (C=O) groups excluding carboxylic acids is 1. The van der Waals surface area contributed by atoms with Gasteiger partial charge in [-0.05, 0) is 24.1 Å². The van der Waals surface area contributed by atoms with E-state index in [2.05, 4.69) is 4.98 Å². The Morgan fingerprint density at radius 3 is 2.65 bits per heavy atom. The van der Waals surface area contributed by atoms with Crippen LogP contribution in [-0.4, -0.2) is 29.5 Å². The smallest absolute Gasteiger partial charge is 0.151 e. The summed E-state index contributed by atoms with van der Waals surface area (Å²) in [6, 6.07) is 11.8. The highest BCUT2D eigenvalue weighted by Gasteiger charge is 2.11. The minimum atomic E-state index is 0.0589. The van der Waals surface area contributed by atoms with Crippen molar-refractivity contribution in [3.63, 3.8) is 0 Å². The summed E-state index contributed by atoms with van der Waals surface area (Å²) in [6.07, 6.45) is 2.35. The lowest BCUT2D eigenvalue weighted by molar-refractivity contribution is 0.112. The highest BCUT2D eigenvalue weighted by molar-refractivity contribution is 5.75. The van der Waals surface area contributed by atoms with Crippen molar-refractivity contribution in [3.8, 4) is 0 Å². The molecule has 0 saturated carbocycles. The van der Waals surface area contributed by atoms with Gasteiger partial charge in [-0.1, -0.05) is 30.3 Å². The topological polar surface area (TPSA) is 53.4 Å². The number of aldehydes is 1. The zero-order valence-corrected chi connectivity index (χ0v) is 11.5. The molecular formula is C16H18N2O2. The van der Waals surface area contributed by atoms with E-state index in [0.717, 1.165) is 23.2 Å². The molecule has 0 aliphatic carbocycles. The van der Waals surface area contributed by atoms with Gasteiger partial charge in [-0.25, -0.2) is 4.98 Å². The molecule has 0 fully saturated rings. The maximum absolute atomic E-state index is 10.8. The van der Waals surface area contributed by atoms with Gasteiger partial charge in [-0.15, -0.1) is 0 Å². The van der Waals surface area contributed by atoms with Crippen molar-refractivity contribution in [1.82, 2.24) is 4.98 Å². The molecule has 4 heteroatoms. The fourth-order valence-electron chi connectivity index (χ4n) is 2.17. The van der Waals surface area contributed by atoms with Crippen LogP contribution in [0.25, 0.3) is 0 Å². The van der Waals surface area contributed by atoms with E-state index >= 15 is 0 Å². The summed E-state index contributed by atoms with van der Waals surface area (Å²) in [7, 11) is 0. The minimum absolute atomic E-state index is 0.0589. The first-order valence-corrected chi connectivity index (χ1v) is 6.56. The van der Waals surface area contributed by atoms with Crippen molar-refractivity contribution in [3.05, 3.63) is 59.3 Å². The van der Waals surface area contributed by atoms with Crippen molar-refractivity contribution in [2.45, 2.75) is 13.5 Å². The lowest BCUT2D eigenvalue weighted by Gasteiger charge is -2.24. The number of carbonyl (C=O) groups is 1. The SMILES string of the molecule is Cc1cc(C=O)cnc1N(CCO)Cc1ccccc1. The maximum atomic E-state index is 10.8. The Hall–Kier alpha value is -2.20. The summed E-state index contributed by atoms with van der Waals surface area (Å²) in [5.74, 6) is 0.800. The molecular weight excluding hydrogens is 252 g/mol. The third kappa shape index (κ3) is 3.42. The Morgan fingerprint density at radius 1 is 1.30 bits per heavy atom. The van der Waals surface area contributed by atoms with E-state index in [9.17, 15) is 9.90 Å². The van der Waals surface area contributed by atoms with Gasteiger partial charge in [-0.3, -0.25) is 4.79 Å². The Balaban J connectivity index is 2.26. The largest absolute Gasteiger partial charge is 0.395 e. The molecule has 0 bridgehead atoms. The standard InChI is InChI=1S/C16H18N2O2/c1-13-9-15(12-20)10-17-16(13)18(7-8-19)11-14-5-3-2-4-6-14/h2-6,9-10,12,19H,7-8,11H2,1H3. The Bertz CT molecular complexity index is 570. The summed E-state index contributed by atoms with van der Waals surface area (Å²) in [5, 5.41) is 9.24. The van der Waals surface area contributed by atoms with Crippen molar-refractivity contribution in [2.24, 2.45) is 0 Å². The number of benzene rings is 1. The highest BCUT2D eigenvalue weighted by Crippen LogP contribution is 2.19. The summed E-state index contributed by atoms with van der Waals surface area (Å²) in [6.45, 7) is 3.16. The second-order valence-electron chi connectivity index (χ2n) is 4.66. The predicted molar refractivity (Wildman–Crippen MR) is 78.9 cm³/mol. The van der Waals surface area contributed by atoms with Crippen LogP contribution < -0.4 is 4.90 Å². The molecule has 1 aromatic carbocycles.